The number of Topliss-reactive ketones (excluding diaryl/α,β-unsaturated/α-hetero) is 2. The van der Waals surface area contributed by atoms with Crippen molar-refractivity contribution in [2.75, 3.05) is 0 Å². The lowest BCUT2D eigenvalue weighted by atomic mass is 9.62. The van der Waals surface area contributed by atoms with E-state index in [0.29, 0.717) is 12.8 Å². The molecule has 0 saturated heterocycles. The third-order valence-electron chi connectivity index (χ3n) is 5.21. The molecule has 0 aliphatic heterocycles. The van der Waals surface area contributed by atoms with Gasteiger partial charge in [-0.1, -0.05) is 12.8 Å². The predicted octanol–water partition coefficient (Wildman–Crippen LogP) is 3.00. The van der Waals surface area contributed by atoms with E-state index in [1.54, 1.807) is 0 Å². The molecule has 1 aliphatic rings. The molecule has 4 N–H and O–H groups in total. The molecule has 0 spiro atoms. The Hall–Kier alpha value is -2.44. The van der Waals surface area contributed by atoms with Gasteiger partial charge in [0, 0.05) is 11.1 Å². The van der Waals surface area contributed by atoms with Gasteiger partial charge in [-0.05, 0) is 61.4 Å². The quantitative estimate of drug-likeness (QED) is 0.823. The van der Waals surface area contributed by atoms with Crippen LogP contribution in [0.15, 0.2) is 48.5 Å². The van der Waals surface area contributed by atoms with Gasteiger partial charge in [0.1, 0.15) is 22.7 Å². The predicted molar refractivity (Wildman–Crippen MR) is 93.8 cm³/mol. The van der Waals surface area contributed by atoms with Gasteiger partial charge >= 0.3 is 0 Å². The van der Waals surface area contributed by atoms with Crippen LogP contribution in [0.3, 0.4) is 0 Å². The largest absolute Gasteiger partial charge is 0.317 e. The molecule has 0 radical (unpaired) electrons. The van der Waals surface area contributed by atoms with Gasteiger partial charge in [-0.25, -0.2) is 8.78 Å². The first-order valence-corrected chi connectivity index (χ1v) is 8.46. The Labute approximate surface area is 150 Å². The first-order valence-electron chi connectivity index (χ1n) is 8.46. The van der Waals surface area contributed by atoms with Gasteiger partial charge in [0.05, 0.1) is 0 Å². The van der Waals surface area contributed by atoms with Crippen molar-refractivity contribution in [3.63, 3.8) is 0 Å². The van der Waals surface area contributed by atoms with Crippen molar-refractivity contribution in [1.29, 1.82) is 0 Å². The van der Waals surface area contributed by atoms with Crippen LogP contribution in [0.25, 0.3) is 0 Å². The summed E-state index contributed by atoms with van der Waals surface area (Å²) in [6.07, 6.45) is 1.79. The summed E-state index contributed by atoms with van der Waals surface area (Å²) in [7, 11) is 0. The van der Waals surface area contributed by atoms with Crippen LogP contribution < -0.4 is 11.5 Å². The Bertz CT molecular complexity index is 764. The summed E-state index contributed by atoms with van der Waals surface area (Å²) < 4.78 is 26.3. The Morgan fingerprint density at radius 3 is 1.31 bits per heavy atom. The van der Waals surface area contributed by atoms with Gasteiger partial charge in [-0.15, -0.1) is 0 Å². The van der Waals surface area contributed by atoms with Gasteiger partial charge < -0.3 is 11.5 Å². The summed E-state index contributed by atoms with van der Waals surface area (Å²) in [5.41, 5.74) is 10.1. The lowest BCUT2D eigenvalue weighted by Crippen LogP contribution is -2.74. The molecule has 0 heterocycles. The summed E-state index contributed by atoms with van der Waals surface area (Å²) in [6, 6.07) is 10.0. The number of rotatable bonds is 4. The van der Waals surface area contributed by atoms with E-state index in [1.807, 2.05) is 0 Å². The van der Waals surface area contributed by atoms with Crippen LogP contribution in [0.2, 0.25) is 0 Å². The van der Waals surface area contributed by atoms with E-state index in [9.17, 15) is 18.4 Å². The van der Waals surface area contributed by atoms with Gasteiger partial charge in [-0.3, -0.25) is 9.59 Å². The lowest BCUT2D eigenvalue weighted by molar-refractivity contribution is 0.0586. The van der Waals surface area contributed by atoms with E-state index in [4.69, 9.17) is 11.5 Å². The topological polar surface area (TPSA) is 86.2 Å². The van der Waals surface area contributed by atoms with Crippen molar-refractivity contribution < 1.29 is 18.4 Å². The number of ketones is 2. The molecule has 2 atom stereocenters. The van der Waals surface area contributed by atoms with E-state index in [1.165, 1.54) is 48.5 Å². The van der Waals surface area contributed by atoms with Crippen molar-refractivity contribution in [2.45, 2.75) is 36.8 Å². The summed E-state index contributed by atoms with van der Waals surface area (Å²) >= 11 is 0. The minimum absolute atomic E-state index is 0.206. The number of benzene rings is 2. The second kappa shape index (κ2) is 6.70. The van der Waals surface area contributed by atoms with Crippen molar-refractivity contribution in [3.8, 4) is 0 Å². The van der Waals surface area contributed by atoms with Crippen molar-refractivity contribution in [1.82, 2.24) is 0 Å². The Morgan fingerprint density at radius 2 is 1.00 bits per heavy atom. The second-order valence-corrected chi connectivity index (χ2v) is 6.82. The van der Waals surface area contributed by atoms with Gasteiger partial charge in [0.2, 0.25) is 0 Å². The Balaban J connectivity index is 2.02. The fraction of sp³-hybridized carbons (Fsp3) is 0.300. The van der Waals surface area contributed by atoms with Crippen molar-refractivity contribution in [3.05, 3.63) is 71.3 Å². The molecule has 2 aromatic rings. The molecule has 1 aliphatic carbocycles. The SMILES string of the molecule is N[C@]1(C(=O)c2ccc(F)cc2)CCCC[C@]1(N)C(=O)c1ccc(F)cc1. The maximum Gasteiger partial charge on any atom is 0.185 e. The first-order chi connectivity index (χ1) is 12.3. The normalized spacial score (nSPS) is 25.7. The molecule has 1 saturated carbocycles. The molecule has 4 nitrogen and oxygen atoms in total. The van der Waals surface area contributed by atoms with E-state index in [2.05, 4.69) is 0 Å². The molecule has 0 unspecified atom stereocenters. The smallest absolute Gasteiger partial charge is 0.185 e. The molecule has 3 rings (SSSR count). The van der Waals surface area contributed by atoms with E-state index in [-0.39, 0.29) is 24.0 Å². The minimum atomic E-state index is -1.62. The molecule has 136 valence electrons. The fourth-order valence-electron chi connectivity index (χ4n) is 3.60. The Kier molecular flexibility index (Phi) is 4.73. The molecule has 2 aromatic carbocycles. The van der Waals surface area contributed by atoms with Gasteiger partial charge in [0.25, 0.3) is 0 Å². The van der Waals surface area contributed by atoms with Crippen LogP contribution in [-0.4, -0.2) is 22.6 Å². The molecular weight excluding hydrogens is 338 g/mol. The lowest BCUT2D eigenvalue weighted by Gasteiger charge is -2.47. The monoisotopic (exact) mass is 358 g/mol. The van der Waals surface area contributed by atoms with Gasteiger partial charge in [0.15, 0.2) is 11.6 Å². The zero-order chi connectivity index (χ0) is 18.9. The van der Waals surface area contributed by atoms with Crippen molar-refractivity contribution >= 4 is 11.6 Å². The number of carbonyl (C=O) groups excluding carboxylic acids is 2. The zero-order valence-corrected chi connectivity index (χ0v) is 14.2. The molecule has 26 heavy (non-hydrogen) atoms. The number of nitrogens with two attached hydrogens (primary N) is 2. The maximum absolute atomic E-state index is 13.2. The third kappa shape index (κ3) is 2.95. The molecule has 6 heteroatoms. The fourth-order valence-corrected chi connectivity index (χ4v) is 3.60. The number of hydrogen-bond acceptors (Lipinski definition) is 4. The standard InChI is InChI=1S/C20H20F2N2O2/c21-15-7-3-13(4-8-15)17(25)19(23)11-1-2-12-20(19,24)18(26)14-5-9-16(22)10-6-14/h3-10H,1-2,11-12,23-24H2/t19-,20-/m0/s1. The first kappa shape index (κ1) is 18.4. The maximum atomic E-state index is 13.2. The van der Waals surface area contributed by atoms with E-state index in [0.717, 1.165) is 0 Å². The van der Waals surface area contributed by atoms with Gasteiger partial charge in [-0.2, -0.15) is 0 Å². The summed E-state index contributed by atoms with van der Waals surface area (Å²) in [5.74, 6) is -1.93. The summed E-state index contributed by atoms with van der Waals surface area (Å²) in [5, 5.41) is 0. The minimum Gasteiger partial charge on any atom is -0.317 e. The van der Waals surface area contributed by atoms with Crippen LogP contribution in [0.5, 0.6) is 0 Å². The van der Waals surface area contributed by atoms with Crippen LogP contribution in [0.4, 0.5) is 8.78 Å². The highest BCUT2D eigenvalue weighted by molar-refractivity contribution is 6.13. The molecule has 1 fully saturated rings. The van der Waals surface area contributed by atoms with Crippen LogP contribution in [0.1, 0.15) is 46.4 Å². The second-order valence-electron chi connectivity index (χ2n) is 6.82. The van der Waals surface area contributed by atoms with Crippen LogP contribution in [0, 0.1) is 11.6 Å². The highest BCUT2D eigenvalue weighted by Gasteiger charge is 2.57. The summed E-state index contributed by atoms with van der Waals surface area (Å²) in [4.78, 5) is 26.2. The third-order valence-corrected chi connectivity index (χ3v) is 5.21. The number of halogens is 2. The van der Waals surface area contributed by atoms with E-state index < -0.39 is 34.3 Å². The molecular formula is C20H20F2N2O2. The van der Waals surface area contributed by atoms with Crippen molar-refractivity contribution in [2.24, 2.45) is 11.5 Å². The molecule has 0 amide bonds. The molecule has 0 bridgehead atoms. The van der Waals surface area contributed by atoms with E-state index >= 15 is 0 Å². The average Bonchev–Trinajstić information content (AvgIpc) is 2.64. The summed E-state index contributed by atoms with van der Waals surface area (Å²) in [6.45, 7) is 0. The number of hydrogen-bond donors (Lipinski definition) is 2. The molecule has 0 aromatic heterocycles. The average molecular weight is 358 g/mol. The Morgan fingerprint density at radius 1 is 0.692 bits per heavy atom. The highest BCUT2D eigenvalue weighted by Crippen LogP contribution is 2.38. The zero-order valence-electron chi connectivity index (χ0n) is 14.2. The highest BCUT2D eigenvalue weighted by atomic mass is 19.1. The number of carbonyl (C=O) groups is 2. The van der Waals surface area contributed by atoms with Crippen LogP contribution in [-0.2, 0) is 0 Å². The van der Waals surface area contributed by atoms with Crippen LogP contribution >= 0.6 is 0 Å².